The van der Waals surface area contributed by atoms with Crippen LogP contribution in [0.2, 0.25) is 0 Å². The summed E-state index contributed by atoms with van der Waals surface area (Å²) in [4.78, 5) is 23.4. The van der Waals surface area contributed by atoms with Crippen molar-refractivity contribution in [3.63, 3.8) is 0 Å². The van der Waals surface area contributed by atoms with Gasteiger partial charge in [-0.1, -0.05) is 50.2 Å². The van der Waals surface area contributed by atoms with Crippen molar-refractivity contribution in [2.75, 3.05) is 6.61 Å². The van der Waals surface area contributed by atoms with Gasteiger partial charge in [-0.3, -0.25) is 9.59 Å². The second-order valence-corrected chi connectivity index (χ2v) is 5.89. The summed E-state index contributed by atoms with van der Waals surface area (Å²) in [5, 5.41) is 3.06. The van der Waals surface area contributed by atoms with Crippen molar-refractivity contribution in [1.82, 2.24) is 5.32 Å². The maximum absolute atomic E-state index is 12.6. The quantitative estimate of drug-likeness (QED) is 0.821. The lowest BCUT2D eigenvalue weighted by Crippen LogP contribution is -2.31. The fourth-order valence-electron chi connectivity index (χ4n) is 2.40. The smallest absolute Gasteiger partial charge is 0.255 e. The topological polar surface area (TPSA) is 81.4 Å². The van der Waals surface area contributed by atoms with Crippen LogP contribution >= 0.6 is 0 Å². The van der Waals surface area contributed by atoms with Gasteiger partial charge in [0.25, 0.3) is 11.8 Å². The largest absolute Gasteiger partial charge is 0.484 e. The van der Waals surface area contributed by atoms with E-state index in [2.05, 4.69) is 19.2 Å². The molecule has 0 aliphatic heterocycles. The maximum Gasteiger partial charge on any atom is 0.255 e. The van der Waals surface area contributed by atoms with Crippen LogP contribution in [0.4, 0.5) is 0 Å². The third-order valence-electron chi connectivity index (χ3n) is 3.59. The zero-order valence-electron chi connectivity index (χ0n) is 13.9. The highest BCUT2D eigenvalue weighted by atomic mass is 16.5. The molecule has 2 rings (SSSR count). The van der Waals surface area contributed by atoms with Gasteiger partial charge in [0.15, 0.2) is 6.61 Å². The SMILES string of the molecule is CC(C)C(NC(=O)c1cccc(OCC(N)=O)c1)c1ccccc1. The third kappa shape index (κ3) is 4.84. The predicted molar refractivity (Wildman–Crippen MR) is 92.6 cm³/mol. The van der Waals surface area contributed by atoms with Gasteiger partial charge in [-0.05, 0) is 29.7 Å². The Labute approximate surface area is 141 Å². The monoisotopic (exact) mass is 326 g/mol. The molecule has 0 fully saturated rings. The summed E-state index contributed by atoms with van der Waals surface area (Å²) in [6.45, 7) is 3.90. The number of ether oxygens (including phenoxy) is 1. The maximum atomic E-state index is 12.6. The number of hydrogen-bond donors (Lipinski definition) is 2. The van der Waals surface area contributed by atoms with E-state index in [-0.39, 0.29) is 24.5 Å². The van der Waals surface area contributed by atoms with E-state index in [0.717, 1.165) is 5.56 Å². The van der Waals surface area contributed by atoms with Crippen molar-refractivity contribution in [3.05, 3.63) is 65.7 Å². The minimum absolute atomic E-state index is 0.0890. The molecule has 0 spiro atoms. The van der Waals surface area contributed by atoms with E-state index in [4.69, 9.17) is 10.5 Å². The highest BCUT2D eigenvalue weighted by Gasteiger charge is 2.19. The van der Waals surface area contributed by atoms with Crippen LogP contribution in [0.15, 0.2) is 54.6 Å². The van der Waals surface area contributed by atoms with Gasteiger partial charge in [-0.15, -0.1) is 0 Å². The molecule has 2 aromatic rings. The average Bonchev–Trinajstić information content (AvgIpc) is 2.58. The summed E-state index contributed by atoms with van der Waals surface area (Å²) in [5.74, 6) is -0.0798. The lowest BCUT2D eigenvalue weighted by Gasteiger charge is -2.23. The zero-order chi connectivity index (χ0) is 17.5. The molecule has 0 heterocycles. The first kappa shape index (κ1) is 17.5. The van der Waals surface area contributed by atoms with Crippen LogP contribution in [-0.4, -0.2) is 18.4 Å². The fraction of sp³-hybridized carbons (Fsp3) is 0.263. The molecular weight excluding hydrogens is 304 g/mol. The standard InChI is InChI=1S/C19H22N2O3/c1-13(2)18(14-7-4-3-5-8-14)21-19(23)15-9-6-10-16(11-15)24-12-17(20)22/h3-11,13,18H,12H2,1-2H3,(H2,20,22)(H,21,23). The minimum atomic E-state index is -0.561. The number of amides is 2. The van der Waals surface area contributed by atoms with E-state index in [1.165, 1.54) is 0 Å². The van der Waals surface area contributed by atoms with Crippen molar-refractivity contribution in [3.8, 4) is 5.75 Å². The highest BCUT2D eigenvalue weighted by Crippen LogP contribution is 2.22. The molecule has 0 saturated carbocycles. The molecule has 2 amide bonds. The molecule has 0 aliphatic carbocycles. The number of primary amides is 1. The normalized spacial score (nSPS) is 11.8. The lowest BCUT2D eigenvalue weighted by molar-refractivity contribution is -0.119. The van der Waals surface area contributed by atoms with Crippen LogP contribution in [0.3, 0.4) is 0 Å². The number of carbonyl (C=O) groups is 2. The molecule has 0 aromatic heterocycles. The molecule has 0 bridgehead atoms. The van der Waals surface area contributed by atoms with E-state index >= 15 is 0 Å². The predicted octanol–water partition coefficient (Wildman–Crippen LogP) is 2.68. The molecule has 5 nitrogen and oxygen atoms in total. The van der Waals surface area contributed by atoms with E-state index in [0.29, 0.717) is 11.3 Å². The Balaban J connectivity index is 2.13. The minimum Gasteiger partial charge on any atom is -0.484 e. The van der Waals surface area contributed by atoms with Gasteiger partial charge < -0.3 is 15.8 Å². The third-order valence-corrected chi connectivity index (χ3v) is 3.59. The molecule has 0 aliphatic rings. The molecule has 24 heavy (non-hydrogen) atoms. The van der Waals surface area contributed by atoms with Crippen molar-refractivity contribution in [2.24, 2.45) is 11.7 Å². The summed E-state index contributed by atoms with van der Waals surface area (Å²) >= 11 is 0. The first-order valence-electron chi connectivity index (χ1n) is 7.84. The van der Waals surface area contributed by atoms with E-state index < -0.39 is 5.91 Å². The molecule has 0 saturated heterocycles. The van der Waals surface area contributed by atoms with Crippen molar-refractivity contribution >= 4 is 11.8 Å². The van der Waals surface area contributed by atoms with Crippen molar-refractivity contribution in [1.29, 1.82) is 0 Å². The lowest BCUT2D eigenvalue weighted by atomic mass is 9.95. The van der Waals surface area contributed by atoms with Gasteiger partial charge in [0.1, 0.15) is 5.75 Å². The Hall–Kier alpha value is -2.82. The van der Waals surface area contributed by atoms with Crippen LogP contribution in [0.1, 0.15) is 35.8 Å². The molecule has 1 unspecified atom stereocenters. The fourth-order valence-corrected chi connectivity index (χ4v) is 2.40. The summed E-state index contributed by atoms with van der Waals surface area (Å²) in [5.41, 5.74) is 6.59. The van der Waals surface area contributed by atoms with Crippen LogP contribution in [0, 0.1) is 5.92 Å². The first-order valence-corrected chi connectivity index (χ1v) is 7.84. The summed E-state index contributed by atoms with van der Waals surface area (Å²) in [6.07, 6.45) is 0. The summed E-state index contributed by atoms with van der Waals surface area (Å²) in [7, 11) is 0. The molecule has 126 valence electrons. The van der Waals surface area contributed by atoms with Crippen LogP contribution in [0.5, 0.6) is 5.75 Å². The Morgan fingerprint density at radius 3 is 2.42 bits per heavy atom. The number of nitrogens with two attached hydrogens (primary N) is 1. The van der Waals surface area contributed by atoms with E-state index in [1.807, 2.05) is 30.3 Å². The molecular formula is C19H22N2O3. The number of hydrogen-bond acceptors (Lipinski definition) is 3. The summed E-state index contributed by atoms with van der Waals surface area (Å²) in [6, 6.07) is 16.4. The van der Waals surface area contributed by atoms with Gasteiger partial charge in [0.2, 0.25) is 0 Å². The van der Waals surface area contributed by atoms with Gasteiger partial charge in [-0.25, -0.2) is 0 Å². The molecule has 1 atom stereocenters. The van der Waals surface area contributed by atoms with E-state index in [1.54, 1.807) is 24.3 Å². The van der Waals surface area contributed by atoms with Gasteiger partial charge in [0.05, 0.1) is 6.04 Å². The van der Waals surface area contributed by atoms with Gasteiger partial charge in [0, 0.05) is 5.56 Å². The Bertz CT molecular complexity index is 699. The molecule has 5 heteroatoms. The highest BCUT2D eigenvalue weighted by molar-refractivity contribution is 5.94. The second-order valence-electron chi connectivity index (χ2n) is 5.89. The molecule has 0 radical (unpaired) electrons. The van der Waals surface area contributed by atoms with Crippen LogP contribution < -0.4 is 15.8 Å². The van der Waals surface area contributed by atoms with Crippen molar-refractivity contribution in [2.45, 2.75) is 19.9 Å². The number of benzene rings is 2. The Kier molecular flexibility index (Phi) is 5.95. The van der Waals surface area contributed by atoms with Gasteiger partial charge in [-0.2, -0.15) is 0 Å². The number of nitrogens with one attached hydrogen (secondary N) is 1. The summed E-state index contributed by atoms with van der Waals surface area (Å²) < 4.78 is 5.24. The average molecular weight is 326 g/mol. The van der Waals surface area contributed by atoms with E-state index in [9.17, 15) is 9.59 Å². The van der Waals surface area contributed by atoms with Crippen LogP contribution in [-0.2, 0) is 4.79 Å². The number of carbonyl (C=O) groups excluding carboxylic acids is 2. The van der Waals surface area contributed by atoms with Crippen molar-refractivity contribution < 1.29 is 14.3 Å². The van der Waals surface area contributed by atoms with Crippen LogP contribution in [0.25, 0.3) is 0 Å². The zero-order valence-corrected chi connectivity index (χ0v) is 13.9. The molecule has 2 aromatic carbocycles. The second kappa shape index (κ2) is 8.15. The number of rotatable bonds is 7. The molecule has 3 N–H and O–H groups in total. The Morgan fingerprint density at radius 2 is 1.79 bits per heavy atom. The first-order chi connectivity index (χ1) is 11.5. The van der Waals surface area contributed by atoms with Gasteiger partial charge >= 0.3 is 0 Å². The Morgan fingerprint density at radius 1 is 1.08 bits per heavy atom.